The summed E-state index contributed by atoms with van der Waals surface area (Å²) in [6.07, 6.45) is -8.00. The molecule has 0 spiro atoms. The Hall–Kier alpha value is -2.04. The number of anilines is 2. The Labute approximate surface area is 153 Å². The van der Waals surface area contributed by atoms with Crippen LogP contribution in [-0.2, 0) is 0 Å². The molecule has 1 aliphatic rings. The number of nitrogens with zero attached hydrogens (tertiary/aromatic N) is 3. The minimum Gasteiger partial charge on any atom is -0.383 e. The molecule has 0 aliphatic heterocycles. The van der Waals surface area contributed by atoms with Gasteiger partial charge in [-0.25, -0.2) is 8.78 Å². The van der Waals surface area contributed by atoms with Gasteiger partial charge in [-0.05, 0) is 25.7 Å². The summed E-state index contributed by atoms with van der Waals surface area (Å²) in [5.74, 6) is -1.75. The van der Waals surface area contributed by atoms with E-state index in [4.69, 9.17) is 0 Å². The lowest BCUT2D eigenvalue weighted by Gasteiger charge is -2.23. The van der Waals surface area contributed by atoms with Crippen LogP contribution in [0.15, 0.2) is 5.83 Å². The van der Waals surface area contributed by atoms with E-state index in [9.17, 15) is 27.1 Å². The van der Waals surface area contributed by atoms with E-state index in [0.29, 0.717) is 13.0 Å². The topological polar surface area (TPSA) is 83.0 Å². The summed E-state index contributed by atoms with van der Waals surface area (Å²) in [4.78, 5) is 11.8. The molecule has 11 heteroatoms. The van der Waals surface area contributed by atoms with Gasteiger partial charge in [0.15, 0.2) is 5.82 Å². The average Bonchev–Trinajstić information content (AvgIpc) is 2.61. The van der Waals surface area contributed by atoms with E-state index in [1.807, 2.05) is 6.92 Å². The van der Waals surface area contributed by atoms with Crippen LogP contribution in [0.1, 0.15) is 45.4 Å². The molecule has 1 aliphatic carbocycles. The van der Waals surface area contributed by atoms with E-state index >= 15 is 0 Å². The summed E-state index contributed by atoms with van der Waals surface area (Å²) in [7, 11) is 0. The van der Waals surface area contributed by atoms with E-state index < -0.39 is 30.3 Å². The third kappa shape index (κ3) is 5.24. The largest absolute Gasteiger partial charge is 0.408 e. The zero-order valence-corrected chi connectivity index (χ0v) is 14.9. The maximum atomic E-state index is 14.3. The Morgan fingerprint density at radius 2 is 1.85 bits per heavy atom. The number of halogens is 5. The van der Waals surface area contributed by atoms with Crippen LogP contribution in [0.25, 0.3) is 5.57 Å². The SMILES string of the molecule is CCCNc1nc(N[C@H](CC)C(F)(F)F)nc(C2=C(F)C(O)[C@H](F)CC2)n1. The van der Waals surface area contributed by atoms with Crippen LogP contribution in [-0.4, -0.2) is 51.1 Å². The number of allylic oxidation sites excluding steroid dienone is 1. The molecule has 0 aromatic carbocycles. The van der Waals surface area contributed by atoms with Gasteiger partial charge in [-0.1, -0.05) is 13.8 Å². The first-order valence-electron chi connectivity index (χ1n) is 8.71. The second-order valence-electron chi connectivity index (χ2n) is 6.21. The number of aliphatic hydroxyl groups is 1. The van der Waals surface area contributed by atoms with Gasteiger partial charge in [0.05, 0.1) is 0 Å². The molecule has 0 amide bonds. The summed E-state index contributed by atoms with van der Waals surface area (Å²) in [5, 5.41) is 14.6. The number of alkyl halides is 4. The van der Waals surface area contributed by atoms with E-state index in [-0.39, 0.29) is 42.6 Å². The first-order chi connectivity index (χ1) is 12.7. The molecule has 0 saturated carbocycles. The summed E-state index contributed by atoms with van der Waals surface area (Å²) in [6, 6.07) is -1.89. The number of aliphatic hydroxyl groups excluding tert-OH is 1. The molecule has 1 aromatic heterocycles. The molecular formula is C16H22F5N5O. The maximum absolute atomic E-state index is 14.3. The predicted octanol–water partition coefficient (Wildman–Crippen LogP) is 3.62. The van der Waals surface area contributed by atoms with Gasteiger partial charge >= 0.3 is 6.18 Å². The number of hydrogen-bond donors (Lipinski definition) is 3. The summed E-state index contributed by atoms with van der Waals surface area (Å²) < 4.78 is 66.8. The number of rotatable bonds is 7. The molecule has 27 heavy (non-hydrogen) atoms. The third-order valence-corrected chi connectivity index (χ3v) is 4.11. The van der Waals surface area contributed by atoms with Gasteiger partial charge in [0.1, 0.15) is 24.1 Å². The van der Waals surface area contributed by atoms with Crippen LogP contribution in [0.5, 0.6) is 0 Å². The third-order valence-electron chi connectivity index (χ3n) is 4.11. The molecule has 0 radical (unpaired) electrons. The smallest absolute Gasteiger partial charge is 0.383 e. The van der Waals surface area contributed by atoms with Crippen molar-refractivity contribution in [2.75, 3.05) is 17.2 Å². The van der Waals surface area contributed by atoms with Crippen molar-refractivity contribution < 1.29 is 27.1 Å². The van der Waals surface area contributed by atoms with Crippen LogP contribution >= 0.6 is 0 Å². The predicted molar refractivity (Wildman–Crippen MR) is 90.5 cm³/mol. The summed E-state index contributed by atoms with van der Waals surface area (Å²) >= 11 is 0. The second-order valence-corrected chi connectivity index (χ2v) is 6.21. The fourth-order valence-electron chi connectivity index (χ4n) is 2.58. The summed E-state index contributed by atoms with van der Waals surface area (Å²) in [6.45, 7) is 3.66. The molecule has 0 saturated heterocycles. The molecule has 1 heterocycles. The van der Waals surface area contributed by atoms with Crippen molar-refractivity contribution in [3.63, 3.8) is 0 Å². The summed E-state index contributed by atoms with van der Waals surface area (Å²) in [5.41, 5.74) is -0.138. The fourth-order valence-corrected chi connectivity index (χ4v) is 2.58. The van der Waals surface area contributed by atoms with Gasteiger partial charge in [0.2, 0.25) is 11.9 Å². The Morgan fingerprint density at radius 3 is 2.44 bits per heavy atom. The van der Waals surface area contributed by atoms with Crippen molar-refractivity contribution in [2.24, 2.45) is 0 Å². The molecule has 6 nitrogen and oxygen atoms in total. The van der Waals surface area contributed by atoms with Crippen LogP contribution in [0.3, 0.4) is 0 Å². The molecule has 1 unspecified atom stereocenters. The van der Waals surface area contributed by atoms with Gasteiger partial charge in [-0.15, -0.1) is 0 Å². The lowest BCUT2D eigenvalue weighted by atomic mass is 9.94. The van der Waals surface area contributed by atoms with Crippen LogP contribution in [0, 0.1) is 0 Å². The van der Waals surface area contributed by atoms with Gasteiger partial charge < -0.3 is 15.7 Å². The molecule has 3 N–H and O–H groups in total. The Kier molecular flexibility index (Phi) is 6.90. The first kappa shape index (κ1) is 21.3. The number of aromatic nitrogens is 3. The van der Waals surface area contributed by atoms with Crippen molar-refractivity contribution in [1.82, 2.24) is 15.0 Å². The van der Waals surface area contributed by atoms with E-state index in [1.54, 1.807) is 0 Å². The first-order valence-corrected chi connectivity index (χ1v) is 8.71. The van der Waals surface area contributed by atoms with E-state index in [1.165, 1.54) is 6.92 Å². The highest BCUT2D eigenvalue weighted by Crippen LogP contribution is 2.34. The normalized spacial score (nSPS) is 21.9. The minimum absolute atomic E-state index is 0.0291. The average molecular weight is 395 g/mol. The van der Waals surface area contributed by atoms with Crippen molar-refractivity contribution in [2.45, 2.75) is 64.0 Å². The highest BCUT2D eigenvalue weighted by Gasteiger charge is 2.39. The molecular weight excluding hydrogens is 373 g/mol. The van der Waals surface area contributed by atoms with E-state index in [0.717, 1.165) is 0 Å². The maximum Gasteiger partial charge on any atom is 0.408 e. The zero-order chi connectivity index (χ0) is 20.2. The monoisotopic (exact) mass is 395 g/mol. The number of hydrogen-bond acceptors (Lipinski definition) is 6. The van der Waals surface area contributed by atoms with Gasteiger partial charge in [-0.3, -0.25) is 0 Å². The quantitative estimate of drug-likeness (QED) is 0.612. The van der Waals surface area contributed by atoms with E-state index in [2.05, 4.69) is 25.6 Å². The van der Waals surface area contributed by atoms with Crippen molar-refractivity contribution in [1.29, 1.82) is 0 Å². The van der Waals surface area contributed by atoms with Gasteiger partial charge in [-0.2, -0.15) is 28.1 Å². The highest BCUT2D eigenvalue weighted by atomic mass is 19.4. The highest BCUT2D eigenvalue weighted by molar-refractivity contribution is 5.65. The minimum atomic E-state index is -4.52. The second kappa shape index (κ2) is 8.77. The Bertz CT molecular complexity index is 682. The van der Waals surface area contributed by atoms with Gasteiger partial charge in [0, 0.05) is 12.1 Å². The molecule has 2 rings (SSSR count). The number of nitrogens with one attached hydrogen (secondary N) is 2. The van der Waals surface area contributed by atoms with Crippen LogP contribution in [0.2, 0.25) is 0 Å². The molecule has 0 fully saturated rings. The standard InChI is InChI=1S/C16H22F5N5O/c1-3-7-22-14-24-13(8-5-6-9(17)12(27)11(8)18)25-15(26-14)23-10(4-2)16(19,20)21/h9-10,12,27H,3-7H2,1-2H3,(H2,22,23,24,25,26)/t9-,10-,12?/m1/s1. The van der Waals surface area contributed by atoms with Crippen LogP contribution < -0.4 is 10.6 Å². The lowest BCUT2D eigenvalue weighted by molar-refractivity contribution is -0.143. The molecule has 0 bridgehead atoms. The van der Waals surface area contributed by atoms with Crippen molar-refractivity contribution in [3.8, 4) is 0 Å². The zero-order valence-electron chi connectivity index (χ0n) is 14.9. The van der Waals surface area contributed by atoms with Gasteiger partial charge in [0.25, 0.3) is 0 Å². The Morgan fingerprint density at radius 1 is 1.19 bits per heavy atom. The van der Waals surface area contributed by atoms with Crippen LogP contribution in [0.4, 0.5) is 33.8 Å². The van der Waals surface area contributed by atoms with Crippen molar-refractivity contribution in [3.05, 3.63) is 11.7 Å². The lowest BCUT2D eigenvalue weighted by Crippen LogP contribution is -2.36. The Balaban J connectivity index is 2.42. The molecule has 152 valence electrons. The van der Waals surface area contributed by atoms with Crippen molar-refractivity contribution >= 4 is 17.5 Å². The molecule has 1 aromatic rings. The fraction of sp³-hybridized carbons (Fsp3) is 0.688. The molecule has 3 atom stereocenters.